The summed E-state index contributed by atoms with van der Waals surface area (Å²) >= 11 is 0. The molecule has 0 bridgehead atoms. The van der Waals surface area contributed by atoms with Crippen molar-refractivity contribution in [1.82, 2.24) is 9.55 Å². The lowest BCUT2D eigenvalue weighted by molar-refractivity contribution is 0.564. The first-order chi connectivity index (χ1) is 5.42. The summed E-state index contributed by atoms with van der Waals surface area (Å²) in [6, 6.07) is 0. The Morgan fingerprint density at radius 1 is 1.73 bits per heavy atom. The van der Waals surface area contributed by atoms with E-state index in [0.29, 0.717) is 5.82 Å². The van der Waals surface area contributed by atoms with Gasteiger partial charge in [0.05, 0.1) is 6.20 Å². The smallest absolute Gasteiger partial charge is 0.242 e. The van der Waals surface area contributed by atoms with Gasteiger partial charge in [-0.05, 0) is 6.42 Å². The second kappa shape index (κ2) is 2.32. The third kappa shape index (κ3) is 0.880. The molecule has 0 radical (unpaired) electrons. The van der Waals surface area contributed by atoms with Crippen LogP contribution in [-0.2, 0) is 17.8 Å². The number of aryl methyl sites for hydroxylation is 1. The molecule has 2 rings (SSSR count). The summed E-state index contributed by atoms with van der Waals surface area (Å²) in [5, 5.41) is 0. The predicted octanol–water partition coefficient (Wildman–Crippen LogP) is 0.797. The van der Waals surface area contributed by atoms with Gasteiger partial charge in [0.15, 0.2) is 5.82 Å². The maximum Gasteiger partial charge on any atom is 0.242 e. The van der Waals surface area contributed by atoms with E-state index in [2.05, 4.69) is 9.98 Å². The van der Waals surface area contributed by atoms with E-state index < -0.39 is 0 Å². The number of fused-ring (bicyclic) bond motifs is 1. The third-order valence-corrected chi connectivity index (χ3v) is 1.86. The Kier molecular flexibility index (Phi) is 1.33. The average Bonchev–Trinajstić information content (AvgIpc) is 2.53. The van der Waals surface area contributed by atoms with Crippen LogP contribution in [0.4, 0.5) is 5.82 Å². The SMILES string of the molecule is O=C=Nc1cnc2n1CCC2. The van der Waals surface area contributed by atoms with Gasteiger partial charge in [0.2, 0.25) is 6.08 Å². The van der Waals surface area contributed by atoms with Crippen LogP contribution in [0.3, 0.4) is 0 Å². The van der Waals surface area contributed by atoms with Gasteiger partial charge in [-0.15, -0.1) is 4.99 Å². The number of aromatic nitrogens is 2. The third-order valence-electron chi connectivity index (χ3n) is 1.86. The van der Waals surface area contributed by atoms with Crippen molar-refractivity contribution in [2.24, 2.45) is 4.99 Å². The molecule has 0 spiro atoms. The van der Waals surface area contributed by atoms with Gasteiger partial charge in [-0.2, -0.15) is 0 Å². The van der Waals surface area contributed by atoms with E-state index in [-0.39, 0.29) is 0 Å². The molecule has 4 nitrogen and oxygen atoms in total. The molecule has 4 heteroatoms. The monoisotopic (exact) mass is 149 g/mol. The molecule has 0 saturated carbocycles. The summed E-state index contributed by atoms with van der Waals surface area (Å²) in [4.78, 5) is 17.6. The molecule has 0 fully saturated rings. The maximum atomic E-state index is 9.94. The molecule has 0 aliphatic carbocycles. The van der Waals surface area contributed by atoms with Crippen molar-refractivity contribution in [3.8, 4) is 0 Å². The van der Waals surface area contributed by atoms with Crippen molar-refractivity contribution < 1.29 is 4.79 Å². The summed E-state index contributed by atoms with van der Waals surface area (Å²) in [5.41, 5.74) is 0. The van der Waals surface area contributed by atoms with Gasteiger partial charge in [-0.1, -0.05) is 0 Å². The van der Waals surface area contributed by atoms with Gasteiger partial charge in [0.25, 0.3) is 0 Å². The molecule has 1 aliphatic rings. The Morgan fingerprint density at radius 3 is 3.45 bits per heavy atom. The van der Waals surface area contributed by atoms with Crippen LogP contribution in [0.1, 0.15) is 12.2 Å². The number of isocyanates is 1. The lowest BCUT2D eigenvalue weighted by atomic mass is 10.4. The fourth-order valence-corrected chi connectivity index (χ4v) is 1.38. The molecular weight excluding hydrogens is 142 g/mol. The molecule has 2 heterocycles. The van der Waals surface area contributed by atoms with Gasteiger partial charge >= 0.3 is 0 Å². The summed E-state index contributed by atoms with van der Waals surface area (Å²) < 4.78 is 1.95. The molecule has 0 amide bonds. The summed E-state index contributed by atoms with van der Waals surface area (Å²) in [6.45, 7) is 0.926. The Labute approximate surface area is 63.6 Å². The van der Waals surface area contributed by atoms with E-state index in [0.717, 1.165) is 25.2 Å². The Morgan fingerprint density at radius 2 is 2.64 bits per heavy atom. The zero-order valence-corrected chi connectivity index (χ0v) is 5.95. The molecule has 0 N–H and O–H groups in total. The quantitative estimate of drug-likeness (QED) is 0.438. The average molecular weight is 149 g/mol. The predicted molar refractivity (Wildman–Crippen MR) is 38.3 cm³/mol. The number of rotatable bonds is 1. The highest BCUT2D eigenvalue weighted by Crippen LogP contribution is 2.21. The van der Waals surface area contributed by atoms with E-state index in [1.54, 1.807) is 6.20 Å². The van der Waals surface area contributed by atoms with Crippen LogP contribution in [0.2, 0.25) is 0 Å². The second-order valence-electron chi connectivity index (χ2n) is 2.49. The Bertz CT molecular complexity index is 322. The van der Waals surface area contributed by atoms with Gasteiger partial charge in [-0.25, -0.2) is 9.78 Å². The van der Waals surface area contributed by atoms with Gasteiger partial charge in [-0.3, -0.25) is 0 Å². The van der Waals surface area contributed by atoms with Crippen LogP contribution >= 0.6 is 0 Å². The highest BCUT2D eigenvalue weighted by atomic mass is 16.1. The summed E-state index contributed by atoms with van der Waals surface area (Å²) in [5.74, 6) is 1.66. The van der Waals surface area contributed by atoms with Gasteiger partial charge in [0, 0.05) is 13.0 Å². The molecule has 1 aromatic rings. The van der Waals surface area contributed by atoms with Crippen molar-refractivity contribution in [1.29, 1.82) is 0 Å². The van der Waals surface area contributed by atoms with Crippen molar-refractivity contribution in [3.05, 3.63) is 12.0 Å². The first-order valence-electron chi connectivity index (χ1n) is 3.54. The highest BCUT2D eigenvalue weighted by Gasteiger charge is 2.14. The van der Waals surface area contributed by atoms with Gasteiger partial charge in [0.1, 0.15) is 5.82 Å². The molecule has 56 valence electrons. The van der Waals surface area contributed by atoms with Crippen LogP contribution in [0.15, 0.2) is 11.2 Å². The summed E-state index contributed by atoms with van der Waals surface area (Å²) in [7, 11) is 0. The maximum absolute atomic E-state index is 9.94. The minimum Gasteiger partial charge on any atom is -0.313 e. The standard InChI is InChI=1S/C7H7N3O/c11-5-9-7-4-8-6-2-1-3-10(6)7/h4H,1-3H2. The zero-order valence-electron chi connectivity index (χ0n) is 5.95. The molecule has 0 atom stereocenters. The second-order valence-corrected chi connectivity index (χ2v) is 2.49. The molecule has 0 aromatic carbocycles. The first kappa shape index (κ1) is 6.31. The molecular formula is C7H7N3O. The van der Waals surface area contributed by atoms with Crippen LogP contribution < -0.4 is 0 Å². The van der Waals surface area contributed by atoms with Crippen molar-refractivity contribution in [2.45, 2.75) is 19.4 Å². The van der Waals surface area contributed by atoms with E-state index >= 15 is 0 Å². The van der Waals surface area contributed by atoms with E-state index in [1.165, 1.54) is 6.08 Å². The van der Waals surface area contributed by atoms with Crippen molar-refractivity contribution in [3.63, 3.8) is 0 Å². The van der Waals surface area contributed by atoms with Gasteiger partial charge < -0.3 is 4.57 Å². The van der Waals surface area contributed by atoms with E-state index in [4.69, 9.17) is 0 Å². The fourth-order valence-electron chi connectivity index (χ4n) is 1.38. The van der Waals surface area contributed by atoms with Crippen LogP contribution in [0.5, 0.6) is 0 Å². The zero-order chi connectivity index (χ0) is 7.68. The van der Waals surface area contributed by atoms with Crippen LogP contribution in [0, 0.1) is 0 Å². The molecule has 0 saturated heterocycles. The van der Waals surface area contributed by atoms with E-state index in [9.17, 15) is 4.79 Å². The number of hydrogen-bond donors (Lipinski definition) is 0. The number of hydrogen-bond acceptors (Lipinski definition) is 3. The normalized spacial score (nSPS) is 14.2. The first-order valence-corrected chi connectivity index (χ1v) is 3.54. The number of aliphatic imine (C=N–C) groups is 1. The topological polar surface area (TPSA) is 47.2 Å². The minimum absolute atomic E-state index is 0.632. The van der Waals surface area contributed by atoms with Crippen LogP contribution in [-0.4, -0.2) is 15.6 Å². The molecule has 1 aliphatic heterocycles. The number of nitrogens with zero attached hydrogens (tertiary/aromatic N) is 3. The number of carbonyl (C=O) groups excluding carboxylic acids is 1. The Hall–Kier alpha value is -1.41. The molecule has 11 heavy (non-hydrogen) atoms. The van der Waals surface area contributed by atoms with E-state index in [1.807, 2.05) is 4.57 Å². The molecule has 0 unspecified atom stereocenters. The molecule has 1 aromatic heterocycles. The largest absolute Gasteiger partial charge is 0.313 e. The summed E-state index contributed by atoms with van der Waals surface area (Å²) in [6.07, 6.45) is 5.22. The number of imidazole rings is 1. The Balaban J connectivity index is 2.49. The highest BCUT2D eigenvalue weighted by molar-refractivity contribution is 5.44. The van der Waals surface area contributed by atoms with Crippen LogP contribution in [0.25, 0.3) is 0 Å². The van der Waals surface area contributed by atoms with Crippen molar-refractivity contribution >= 4 is 11.9 Å². The van der Waals surface area contributed by atoms with Crippen molar-refractivity contribution in [2.75, 3.05) is 0 Å². The fraction of sp³-hybridized carbons (Fsp3) is 0.429. The lowest BCUT2D eigenvalue weighted by Crippen LogP contribution is -1.90. The minimum atomic E-state index is 0.632. The lowest BCUT2D eigenvalue weighted by Gasteiger charge is -1.94.